The summed E-state index contributed by atoms with van der Waals surface area (Å²) in [7, 11) is 0. The number of anilines is 1. The number of benzene rings is 2. The first-order chi connectivity index (χ1) is 12.7. The van der Waals surface area contributed by atoms with Crippen molar-refractivity contribution < 1.29 is 22.6 Å². The smallest absolute Gasteiger partial charge is 0.375 e. The Bertz CT molecular complexity index is 991. The van der Waals surface area contributed by atoms with Crippen molar-refractivity contribution in [3.05, 3.63) is 69.1 Å². The highest BCUT2D eigenvalue weighted by Crippen LogP contribution is 2.33. The lowest BCUT2D eigenvalue weighted by Gasteiger charge is -2.10. The van der Waals surface area contributed by atoms with E-state index < -0.39 is 16.7 Å². The van der Waals surface area contributed by atoms with Crippen LogP contribution in [0.25, 0.3) is 11.4 Å². The number of nitro benzene ring substituents is 1. The van der Waals surface area contributed by atoms with Gasteiger partial charge < -0.3 is 9.84 Å². The lowest BCUT2D eigenvalue weighted by Crippen LogP contribution is -2.06. The predicted molar refractivity (Wildman–Crippen MR) is 90.2 cm³/mol. The summed E-state index contributed by atoms with van der Waals surface area (Å²) in [6.45, 7) is 0.00696. The third kappa shape index (κ3) is 4.34. The molecule has 0 radical (unpaired) electrons. The van der Waals surface area contributed by atoms with Crippen molar-refractivity contribution in [3.63, 3.8) is 0 Å². The van der Waals surface area contributed by atoms with Gasteiger partial charge in [0.05, 0.1) is 27.7 Å². The summed E-state index contributed by atoms with van der Waals surface area (Å²) >= 11 is 5.86. The lowest BCUT2D eigenvalue weighted by molar-refractivity contribution is -0.384. The lowest BCUT2D eigenvalue weighted by atomic mass is 10.2. The number of non-ortho nitro benzene ring substituents is 1. The first-order valence-electron chi connectivity index (χ1n) is 7.42. The Hall–Kier alpha value is -3.14. The van der Waals surface area contributed by atoms with Crippen LogP contribution in [0.3, 0.4) is 0 Å². The van der Waals surface area contributed by atoms with Crippen LogP contribution in [0.4, 0.5) is 24.5 Å². The van der Waals surface area contributed by atoms with Crippen LogP contribution >= 0.6 is 11.6 Å². The highest BCUT2D eigenvalue weighted by molar-refractivity contribution is 6.33. The summed E-state index contributed by atoms with van der Waals surface area (Å²) in [6, 6.07) is 8.62. The second-order valence-corrected chi connectivity index (χ2v) is 5.77. The van der Waals surface area contributed by atoms with Gasteiger partial charge >= 0.3 is 6.18 Å². The van der Waals surface area contributed by atoms with Gasteiger partial charge in [-0.3, -0.25) is 10.1 Å². The molecule has 0 saturated heterocycles. The first-order valence-corrected chi connectivity index (χ1v) is 7.80. The van der Waals surface area contributed by atoms with E-state index in [-0.39, 0.29) is 34.7 Å². The quantitative estimate of drug-likeness (QED) is 0.483. The van der Waals surface area contributed by atoms with Gasteiger partial charge in [0, 0.05) is 17.7 Å². The minimum absolute atomic E-state index is 0.00696. The van der Waals surface area contributed by atoms with Crippen molar-refractivity contribution in [2.45, 2.75) is 12.7 Å². The van der Waals surface area contributed by atoms with Crippen LogP contribution in [-0.4, -0.2) is 15.1 Å². The van der Waals surface area contributed by atoms with Crippen molar-refractivity contribution in [1.29, 1.82) is 0 Å². The maximum Gasteiger partial charge on any atom is 0.416 e. The molecule has 0 saturated carbocycles. The molecule has 2 aromatic carbocycles. The molecule has 1 heterocycles. The maximum absolute atomic E-state index is 12.6. The van der Waals surface area contributed by atoms with Crippen LogP contribution in [0.15, 0.2) is 47.0 Å². The summed E-state index contributed by atoms with van der Waals surface area (Å²) in [5, 5.41) is 17.2. The zero-order valence-electron chi connectivity index (χ0n) is 13.3. The molecule has 0 atom stereocenters. The molecule has 0 fully saturated rings. The summed E-state index contributed by atoms with van der Waals surface area (Å²) in [4.78, 5) is 14.4. The monoisotopic (exact) mass is 398 g/mol. The van der Waals surface area contributed by atoms with E-state index in [2.05, 4.69) is 15.5 Å². The number of aromatic nitrogens is 2. The first kappa shape index (κ1) is 18.6. The van der Waals surface area contributed by atoms with Gasteiger partial charge in [-0.15, -0.1) is 0 Å². The van der Waals surface area contributed by atoms with Crippen molar-refractivity contribution in [1.82, 2.24) is 10.1 Å². The number of alkyl halides is 3. The Labute approximate surface area is 154 Å². The Morgan fingerprint density at radius 3 is 2.67 bits per heavy atom. The van der Waals surface area contributed by atoms with Crippen LogP contribution in [0.5, 0.6) is 0 Å². The number of halogens is 4. The molecule has 0 unspecified atom stereocenters. The normalized spacial score (nSPS) is 11.4. The van der Waals surface area contributed by atoms with Crippen molar-refractivity contribution >= 4 is 23.0 Å². The zero-order chi connectivity index (χ0) is 19.6. The number of hydrogen-bond acceptors (Lipinski definition) is 6. The molecule has 0 aliphatic heterocycles. The van der Waals surface area contributed by atoms with E-state index in [0.717, 1.165) is 12.1 Å². The molecule has 0 aliphatic rings. The van der Waals surface area contributed by atoms with Crippen LogP contribution in [0.2, 0.25) is 5.02 Å². The summed E-state index contributed by atoms with van der Waals surface area (Å²) in [6.07, 6.45) is -4.48. The molecule has 1 aromatic heterocycles. The van der Waals surface area contributed by atoms with E-state index in [1.165, 1.54) is 24.3 Å². The summed E-state index contributed by atoms with van der Waals surface area (Å²) in [5.41, 5.74) is -0.316. The predicted octanol–water partition coefficient (Wildman–Crippen LogP) is 4.93. The molecule has 3 aromatic rings. The number of nitrogens with zero attached hydrogens (tertiary/aromatic N) is 3. The highest BCUT2D eigenvalue weighted by atomic mass is 35.5. The van der Waals surface area contributed by atoms with E-state index in [4.69, 9.17) is 16.1 Å². The molecule has 11 heteroatoms. The molecule has 3 rings (SSSR count). The number of nitro groups is 1. The van der Waals surface area contributed by atoms with Crippen LogP contribution in [0, 0.1) is 10.1 Å². The van der Waals surface area contributed by atoms with E-state index in [1.807, 2.05) is 0 Å². The largest absolute Gasteiger partial charge is 0.416 e. The second kappa shape index (κ2) is 7.23. The van der Waals surface area contributed by atoms with Crippen LogP contribution in [-0.2, 0) is 12.7 Å². The van der Waals surface area contributed by atoms with Crippen molar-refractivity contribution in [3.8, 4) is 11.4 Å². The van der Waals surface area contributed by atoms with Crippen molar-refractivity contribution in [2.75, 3.05) is 5.32 Å². The fraction of sp³-hybridized carbons (Fsp3) is 0.125. The molecule has 0 bridgehead atoms. The molecule has 0 amide bonds. The Morgan fingerprint density at radius 1 is 1.22 bits per heavy atom. The van der Waals surface area contributed by atoms with E-state index in [9.17, 15) is 23.3 Å². The van der Waals surface area contributed by atoms with Gasteiger partial charge in [0.15, 0.2) is 0 Å². The van der Waals surface area contributed by atoms with Crippen LogP contribution in [0.1, 0.15) is 11.5 Å². The Morgan fingerprint density at radius 2 is 2.00 bits per heavy atom. The topological polar surface area (TPSA) is 94.1 Å². The summed E-state index contributed by atoms with van der Waals surface area (Å²) in [5.74, 6) is 0.279. The van der Waals surface area contributed by atoms with E-state index in [1.54, 1.807) is 6.07 Å². The molecule has 1 N–H and O–H groups in total. The average Bonchev–Trinajstić information content (AvgIpc) is 3.09. The molecular weight excluding hydrogens is 389 g/mol. The van der Waals surface area contributed by atoms with Gasteiger partial charge in [-0.1, -0.05) is 28.9 Å². The fourth-order valence-electron chi connectivity index (χ4n) is 2.21. The minimum Gasteiger partial charge on any atom is -0.375 e. The Kier molecular flexibility index (Phi) is 5.00. The van der Waals surface area contributed by atoms with Gasteiger partial charge in [0.2, 0.25) is 11.7 Å². The molecular formula is C16H10ClF3N4O3. The van der Waals surface area contributed by atoms with E-state index in [0.29, 0.717) is 5.56 Å². The molecule has 140 valence electrons. The second-order valence-electron chi connectivity index (χ2n) is 5.37. The van der Waals surface area contributed by atoms with E-state index >= 15 is 0 Å². The highest BCUT2D eigenvalue weighted by Gasteiger charge is 2.30. The van der Waals surface area contributed by atoms with Crippen molar-refractivity contribution in [2.24, 2.45) is 0 Å². The SMILES string of the molecule is O=[N+]([O-])c1cccc(-c2noc(CNc3ccc(C(F)(F)F)cc3Cl)n2)c1. The van der Waals surface area contributed by atoms with Gasteiger partial charge in [0.1, 0.15) is 0 Å². The molecule has 0 spiro atoms. The van der Waals surface area contributed by atoms with Gasteiger partial charge in [-0.05, 0) is 18.2 Å². The minimum atomic E-state index is -4.48. The van der Waals surface area contributed by atoms with Gasteiger partial charge in [-0.25, -0.2) is 0 Å². The molecule has 0 aliphatic carbocycles. The molecule has 7 nitrogen and oxygen atoms in total. The average molecular weight is 399 g/mol. The van der Waals surface area contributed by atoms with Crippen LogP contribution < -0.4 is 5.32 Å². The Balaban J connectivity index is 1.72. The fourth-order valence-corrected chi connectivity index (χ4v) is 2.46. The van der Waals surface area contributed by atoms with Gasteiger partial charge in [-0.2, -0.15) is 18.2 Å². The number of rotatable bonds is 5. The number of hydrogen-bond donors (Lipinski definition) is 1. The van der Waals surface area contributed by atoms with Gasteiger partial charge in [0.25, 0.3) is 5.69 Å². The number of nitrogens with one attached hydrogen (secondary N) is 1. The molecule has 27 heavy (non-hydrogen) atoms. The maximum atomic E-state index is 12.6. The third-order valence-electron chi connectivity index (χ3n) is 3.51. The summed E-state index contributed by atoms with van der Waals surface area (Å²) < 4.78 is 43.0. The third-order valence-corrected chi connectivity index (χ3v) is 3.82. The zero-order valence-corrected chi connectivity index (χ0v) is 14.1. The standard InChI is InChI=1S/C16H10ClF3N4O3/c17-12-7-10(16(18,19)20)4-5-13(12)21-8-14-22-15(23-27-14)9-2-1-3-11(6-9)24(25)26/h1-7,21H,8H2.